The predicted octanol–water partition coefficient (Wildman–Crippen LogP) is 7.14. The summed E-state index contributed by atoms with van der Waals surface area (Å²) in [7, 11) is 0. The van der Waals surface area contributed by atoms with E-state index in [1.807, 2.05) is 54.6 Å². The second kappa shape index (κ2) is 8.20. The maximum absolute atomic E-state index is 11.9. The summed E-state index contributed by atoms with van der Waals surface area (Å²) in [4.78, 5) is 20.9. The van der Waals surface area contributed by atoms with Crippen molar-refractivity contribution >= 4 is 51.4 Å². The van der Waals surface area contributed by atoms with Gasteiger partial charge in [-0.05, 0) is 48.4 Å². The van der Waals surface area contributed by atoms with E-state index in [-0.39, 0.29) is 5.56 Å². The molecule has 5 heteroatoms. The number of aromatic nitrogens is 1. The van der Waals surface area contributed by atoms with Crippen LogP contribution < -0.4 is 5.32 Å². The van der Waals surface area contributed by atoms with Gasteiger partial charge in [0.1, 0.15) is 0 Å². The first-order valence-electron chi connectivity index (χ1n) is 10.5. The topological polar surface area (TPSA) is 74.6 Å². The van der Waals surface area contributed by atoms with E-state index in [4.69, 9.17) is 0 Å². The lowest BCUT2D eigenvalue weighted by molar-refractivity contribution is 0.0697. The first-order chi connectivity index (χ1) is 16.1. The number of fused-ring (bicyclic) bond motifs is 3. The molecule has 0 unspecified atom stereocenters. The highest BCUT2D eigenvalue weighted by Crippen LogP contribution is 2.40. The van der Waals surface area contributed by atoms with E-state index in [0.29, 0.717) is 16.9 Å². The molecule has 5 nitrogen and oxygen atoms in total. The number of nitrogens with one attached hydrogen (secondary N) is 1. The molecule has 0 bridgehead atoms. The van der Waals surface area contributed by atoms with Crippen LogP contribution in [0.2, 0.25) is 0 Å². The number of carboxylic acids is 1. The van der Waals surface area contributed by atoms with Crippen LogP contribution in [0.3, 0.4) is 0 Å². The van der Waals surface area contributed by atoms with Crippen molar-refractivity contribution < 1.29 is 9.90 Å². The maximum atomic E-state index is 11.9. The van der Waals surface area contributed by atoms with Gasteiger partial charge in [0.15, 0.2) is 0 Å². The van der Waals surface area contributed by atoms with E-state index in [9.17, 15) is 9.90 Å². The summed E-state index contributed by atoms with van der Waals surface area (Å²) < 4.78 is 0. The van der Waals surface area contributed by atoms with Crippen molar-refractivity contribution in [2.24, 2.45) is 4.99 Å². The third-order valence-corrected chi connectivity index (χ3v) is 5.84. The number of hydrogen-bond donors (Lipinski definition) is 2. The van der Waals surface area contributed by atoms with Gasteiger partial charge in [-0.25, -0.2) is 4.79 Å². The molecular formula is C28H21N3O2. The van der Waals surface area contributed by atoms with Crippen LogP contribution in [0.15, 0.2) is 90.1 Å². The molecule has 0 aliphatic heterocycles. The summed E-state index contributed by atoms with van der Waals surface area (Å²) in [6.45, 7) is 5.86. The minimum absolute atomic E-state index is 0.186. The van der Waals surface area contributed by atoms with Crippen LogP contribution in [0, 0.1) is 6.92 Å². The Kier molecular flexibility index (Phi) is 5.07. The molecule has 1 aromatic heterocycles. The second-order valence-corrected chi connectivity index (χ2v) is 7.87. The summed E-state index contributed by atoms with van der Waals surface area (Å²) >= 11 is 0. The van der Waals surface area contributed by atoms with Gasteiger partial charge in [-0.3, -0.25) is 9.98 Å². The number of nitrogens with zero attached hydrogens (tertiary/aromatic N) is 2. The lowest BCUT2D eigenvalue weighted by atomic mass is 9.98. The number of aryl methyl sites for hydroxylation is 1. The number of rotatable bonds is 5. The number of pyridine rings is 1. The van der Waals surface area contributed by atoms with Crippen LogP contribution in [0.5, 0.6) is 0 Å². The molecule has 33 heavy (non-hydrogen) atoms. The fraction of sp³-hybridized carbons (Fsp3) is 0.0357. The Morgan fingerprint density at radius 1 is 0.909 bits per heavy atom. The van der Waals surface area contributed by atoms with E-state index in [0.717, 1.165) is 38.5 Å². The normalized spacial score (nSPS) is 10.9. The third-order valence-electron chi connectivity index (χ3n) is 5.84. The number of carbonyl (C=O) groups is 1. The molecule has 0 fully saturated rings. The molecule has 0 aliphatic rings. The second-order valence-electron chi connectivity index (χ2n) is 7.87. The predicted molar refractivity (Wildman–Crippen MR) is 135 cm³/mol. The lowest BCUT2D eigenvalue weighted by Crippen LogP contribution is -2.01. The van der Waals surface area contributed by atoms with Crippen molar-refractivity contribution in [1.82, 2.24) is 4.98 Å². The highest BCUT2D eigenvalue weighted by molar-refractivity contribution is 6.12. The molecule has 4 aromatic carbocycles. The Bertz CT molecular complexity index is 1560. The summed E-state index contributed by atoms with van der Waals surface area (Å²) in [5.41, 5.74) is 6.04. The number of anilines is 2. The smallest absolute Gasteiger partial charge is 0.335 e. The number of carboxylic acid groups (broad SMARTS) is 1. The molecule has 0 saturated heterocycles. The van der Waals surface area contributed by atoms with Crippen LogP contribution in [0.4, 0.5) is 17.1 Å². The van der Waals surface area contributed by atoms with Gasteiger partial charge >= 0.3 is 5.97 Å². The monoisotopic (exact) mass is 431 g/mol. The van der Waals surface area contributed by atoms with Gasteiger partial charge in [0, 0.05) is 22.5 Å². The molecule has 2 N–H and O–H groups in total. The van der Waals surface area contributed by atoms with E-state index in [1.165, 1.54) is 0 Å². The van der Waals surface area contributed by atoms with Crippen molar-refractivity contribution in [3.63, 3.8) is 0 Å². The number of hydrogen-bond acceptors (Lipinski definition) is 4. The summed E-state index contributed by atoms with van der Waals surface area (Å²) in [6.07, 6.45) is 1.81. The van der Waals surface area contributed by atoms with Gasteiger partial charge < -0.3 is 10.4 Å². The van der Waals surface area contributed by atoms with Crippen molar-refractivity contribution in [2.75, 3.05) is 5.32 Å². The molecule has 0 radical (unpaired) electrons. The molecular weight excluding hydrogens is 410 g/mol. The van der Waals surface area contributed by atoms with Crippen molar-refractivity contribution in [1.29, 1.82) is 0 Å². The van der Waals surface area contributed by atoms with Crippen LogP contribution in [-0.2, 0) is 0 Å². The molecule has 5 rings (SSSR count). The van der Waals surface area contributed by atoms with E-state index >= 15 is 0 Å². The van der Waals surface area contributed by atoms with Gasteiger partial charge in [0.05, 0.1) is 28.1 Å². The first kappa shape index (κ1) is 20.4. The number of para-hydroxylation sites is 1. The molecule has 1 heterocycles. The zero-order chi connectivity index (χ0) is 22.9. The number of aliphatic imine (C=N–C) groups is 1. The third kappa shape index (κ3) is 3.59. The van der Waals surface area contributed by atoms with Crippen LogP contribution in [-0.4, -0.2) is 22.8 Å². The zero-order valence-electron chi connectivity index (χ0n) is 18.0. The van der Waals surface area contributed by atoms with Gasteiger partial charge in [-0.2, -0.15) is 0 Å². The summed E-state index contributed by atoms with van der Waals surface area (Å²) in [5, 5.41) is 15.8. The van der Waals surface area contributed by atoms with Crippen LogP contribution >= 0.6 is 0 Å². The Morgan fingerprint density at radius 3 is 2.45 bits per heavy atom. The SMILES string of the molecule is C=Nc1c(Nc2cc(C(=O)O)cc3c2ncc2ccccc23)cccc1-c1ccccc1C. The van der Waals surface area contributed by atoms with E-state index in [1.54, 1.807) is 18.3 Å². The van der Waals surface area contributed by atoms with Gasteiger partial charge in [0.2, 0.25) is 0 Å². The fourth-order valence-corrected chi connectivity index (χ4v) is 4.24. The van der Waals surface area contributed by atoms with E-state index in [2.05, 4.69) is 41.1 Å². The Hall–Kier alpha value is -4.51. The average molecular weight is 431 g/mol. The standard InChI is InChI=1S/C28H21N3O2/c1-17-8-3-5-10-20(17)22-12-7-13-24(26(22)29-2)31-25-15-19(28(32)33)14-23-21-11-6-4-9-18(21)16-30-27(23)25/h3-16,31H,2H2,1H3,(H,32,33). The Balaban J connectivity index is 1.72. The number of aromatic carboxylic acids is 1. The highest BCUT2D eigenvalue weighted by Gasteiger charge is 2.16. The van der Waals surface area contributed by atoms with E-state index < -0.39 is 5.97 Å². The number of benzene rings is 4. The molecule has 0 atom stereocenters. The molecule has 0 saturated carbocycles. The average Bonchev–Trinajstić information content (AvgIpc) is 2.84. The quantitative estimate of drug-likeness (QED) is 0.229. The Morgan fingerprint density at radius 2 is 1.67 bits per heavy atom. The van der Waals surface area contributed by atoms with Crippen molar-refractivity contribution in [3.05, 3.63) is 96.2 Å². The Labute approximate surface area is 191 Å². The highest BCUT2D eigenvalue weighted by atomic mass is 16.4. The molecule has 0 spiro atoms. The molecule has 160 valence electrons. The van der Waals surface area contributed by atoms with Gasteiger partial charge in [-0.15, -0.1) is 0 Å². The summed E-state index contributed by atoms with van der Waals surface area (Å²) in [5.74, 6) is -0.997. The van der Waals surface area contributed by atoms with Crippen molar-refractivity contribution in [2.45, 2.75) is 6.92 Å². The lowest BCUT2D eigenvalue weighted by Gasteiger charge is -2.16. The minimum atomic E-state index is -0.997. The van der Waals surface area contributed by atoms with Crippen molar-refractivity contribution in [3.8, 4) is 11.1 Å². The largest absolute Gasteiger partial charge is 0.478 e. The summed E-state index contributed by atoms with van der Waals surface area (Å²) in [6, 6.07) is 25.1. The zero-order valence-corrected chi connectivity index (χ0v) is 18.0. The maximum Gasteiger partial charge on any atom is 0.335 e. The molecule has 5 aromatic rings. The first-order valence-corrected chi connectivity index (χ1v) is 10.5. The van der Waals surface area contributed by atoms with Crippen LogP contribution in [0.25, 0.3) is 32.8 Å². The molecule has 0 aliphatic carbocycles. The fourth-order valence-electron chi connectivity index (χ4n) is 4.24. The molecule has 0 amide bonds. The van der Waals surface area contributed by atoms with Gasteiger partial charge in [-0.1, -0.05) is 60.7 Å². The minimum Gasteiger partial charge on any atom is -0.478 e. The van der Waals surface area contributed by atoms with Gasteiger partial charge in [0.25, 0.3) is 0 Å². The van der Waals surface area contributed by atoms with Crippen LogP contribution in [0.1, 0.15) is 15.9 Å².